The minimum absolute atomic E-state index is 0.153. The molecule has 0 saturated carbocycles. The van der Waals surface area contributed by atoms with E-state index in [0.717, 1.165) is 15.3 Å². The Kier molecular flexibility index (Phi) is 3.35. The van der Waals surface area contributed by atoms with Gasteiger partial charge in [-0.2, -0.15) is 5.10 Å². The molecule has 20 heavy (non-hydrogen) atoms. The third kappa shape index (κ3) is 2.14. The van der Waals surface area contributed by atoms with Crippen LogP contribution in [0.1, 0.15) is 12.7 Å². The largest absolute Gasteiger partial charge is 0.465 e. The summed E-state index contributed by atoms with van der Waals surface area (Å²) < 4.78 is 7.57. The number of rotatable bonds is 3. The van der Waals surface area contributed by atoms with E-state index in [1.54, 1.807) is 23.3 Å². The summed E-state index contributed by atoms with van der Waals surface area (Å²) in [5.41, 5.74) is 0.514. The SMILES string of the molecule is CCOC(=O)Cn1nc2n(c1=O)-c1ccccc1SC2. The number of carbonyl (C=O) groups excluding carboxylic acids is 1. The maximum atomic E-state index is 12.4. The van der Waals surface area contributed by atoms with Gasteiger partial charge in [0.05, 0.1) is 18.0 Å². The Bertz CT molecular complexity index is 720. The number of aromatic nitrogens is 3. The van der Waals surface area contributed by atoms with Gasteiger partial charge in [-0.3, -0.25) is 4.79 Å². The molecule has 0 atom stereocenters. The molecule has 0 saturated heterocycles. The number of para-hydroxylation sites is 1. The minimum atomic E-state index is -0.453. The molecule has 0 spiro atoms. The standard InChI is InChI=1S/C13H13N3O3S/c1-2-19-12(17)7-15-13(18)16-9-5-3-4-6-10(9)20-8-11(16)14-15/h3-6H,2,7-8H2,1H3. The van der Waals surface area contributed by atoms with Gasteiger partial charge in [-0.05, 0) is 19.1 Å². The first-order valence-electron chi connectivity index (χ1n) is 6.27. The Hall–Kier alpha value is -2.02. The fourth-order valence-corrected chi connectivity index (χ4v) is 3.08. The molecule has 2 aromatic rings. The molecule has 1 aromatic carbocycles. The highest BCUT2D eigenvalue weighted by Gasteiger charge is 2.22. The van der Waals surface area contributed by atoms with Crippen LogP contribution in [0.4, 0.5) is 0 Å². The van der Waals surface area contributed by atoms with Crippen molar-refractivity contribution in [2.24, 2.45) is 0 Å². The van der Waals surface area contributed by atoms with Crippen LogP contribution in [-0.4, -0.2) is 26.9 Å². The molecule has 0 N–H and O–H groups in total. The van der Waals surface area contributed by atoms with Crippen LogP contribution >= 0.6 is 11.8 Å². The second-order valence-corrected chi connectivity index (χ2v) is 5.27. The topological polar surface area (TPSA) is 66.1 Å². The van der Waals surface area contributed by atoms with Crippen LogP contribution in [0.25, 0.3) is 5.69 Å². The van der Waals surface area contributed by atoms with Gasteiger partial charge in [0.25, 0.3) is 0 Å². The van der Waals surface area contributed by atoms with Gasteiger partial charge in [-0.1, -0.05) is 12.1 Å². The first kappa shape index (κ1) is 13.0. The van der Waals surface area contributed by atoms with Crippen LogP contribution in [0.15, 0.2) is 34.0 Å². The van der Waals surface area contributed by atoms with Crippen molar-refractivity contribution in [2.75, 3.05) is 6.61 Å². The maximum absolute atomic E-state index is 12.4. The van der Waals surface area contributed by atoms with Crippen molar-refractivity contribution in [1.82, 2.24) is 14.3 Å². The summed E-state index contributed by atoms with van der Waals surface area (Å²) in [5.74, 6) is 0.816. The van der Waals surface area contributed by atoms with Gasteiger partial charge < -0.3 is 4.74 Å². The average Bonchev–Trinajstić information content (AvgIpc) is 2.76. The number of hydrogen-bond acceptors (Lipinski definition) is 5. The zero-order valence-corrected chi connectivity index (χ0v) is 11.7. The summed E-state index contributed by atoms with van der Waals surface area (Å²) in [6, 6.07) is 7.66. The van der Waals surface area contributed by atoms with Crippen LogP contribution < -0.4 is 5.69 Å². The fraction of sp³-hybridized carbons (Fsp3) is 0.308. The number of hydrogen-bond donors (Lipinski definition) is 0. The average molecular weight is 291 g/mol. The van der Waals surface area contributed by atoms with Gasteiger partial charge in [0.2, 0.25) is 0 Å². The second-order valence-electron chi connectivity index (χ2n) is 4.25. The summed E-state index contributed by atoms with van der Waals surface area (Å²) in [6.07, 6.45) is 0. The highest BCUT2D eigenvalue weighted by atomic mass is 32.2. The third-order valence-electron chi connectivity index (χ3n) is 2.95. The van der Waals surface area contributed by atoms with E-state index in [-0.39, 0.29) is 12.2 Å². The lowest BCUT2D eigenvalue weighted by Gasteiger charge is -2.15. The molecule has 0 fully saturated rings. The van der Waals surface area contributed by atoms with E-state index in [4.69, 9.17) is 4.74 Å². The molecule has 7 heteroatoms. The Balaban J connectivity index is 2.02. The Morgan fingerprint density at radius 1 is 1.45 bits per heavy atom. The monoisotopic (exact) mass is 291 g/mol. The van der Waals surface area contributed by atoms with E-state index in [1.807, 2.05) is 24.3 Å². The molecule has 1 aromatic heterocycles. The number of benzene rings is 1. The van der Waals surface area contributed by atoms with Gasteiger partial charge >= 0.3 is 11.7 Å². The van der Waals surface area contributed by atoms with Gasteiger partial charge in [0.15, 0.2) is 0 Å². The van der Waals surface area contributed by atoms with Crippen molar-refractivity contribution in [3.8, 4) is 5.69 Å². The Labute approximate surface area is 119 Å². The predicted molar refractivity (Wildman–Crippen MR) is 74.0 cm³/mol. The number of esters is 1. The number of carbonyl (C=O) groups is 1. The van der Waals surface area contributed by atoms with Gasteiger partial charge in [-0.25, -0.2) is 14.0 Å². The zero-order valence-electron chi connectivity index (χ0n) is 10.9. The third-order valence-corrected chi connectivity index (χ3v) is 4.01. The molecule has 0 unspecified atom stereocenters. The molecule has 0 amide bonds. The number of ether oxygens (including phenoxy) is 1. The zero-order chi connectivity index (χ0) is 14.1. The van der Waals surface area contributed by atoms with E-state index < -0.39 is 5.97 Å². The van der Waals surface area contributed by atoms with E-state index in [9.17, 15) is 9.59 Å². The first-order valence-corrected chi connectivity index (χ1v) is 7.26. The van der Waals surface area contributed by atoms with Crippen molar-refractivity contribution in [1.29, 1.82) is 0 Å². The minimum Gasteiger partial charge on any atom is -0.465 e. The highest BCUT2D eigenvalue weighted by molar-refractivity contribution is 7.98. The van der Waals surface area contributed by atoms with Gasteiger partial charge in [0.1, 0.15) is 12.4 Å². The molecular formula is C13H13N3O3S. The highest BCUT2D eigenvalue weighted by Crippen LogP contribution is 2.32. The van der Waals surface area contributed by atoms with E-state index in [2.05, 4.69) is 5.10 Å². The summed E-state index contributed by atoms with van der Waals surface area (Å²) in [4.78, 5) is 24.9. The van der Waals surface area contributed by atoms with Crippen LogP contribution in [0.5, 0.6) is 0 Å². The van der Waals surface area contributed by atoms with Gasteiger partial charge in [0, 0.05) is 4.90 Å². The van der Waals surface area contributed by atoms with Crippen molar-refractivity contribution < 1.29 is 9.53 Å². The van der Waals surface area contributed by atoms with Crippen LogP contribution in [-0.2, 0) is 21.8 Å². The summed E-state index contributed by atoms with van der Waals surface area (Å²) in [7, 11) is 0. The molecule has 3 rings (SSSR count). The molecule has 2 heterocycles. The molecule has 0 bridgehead atoms. The summed E-state index contributed by atoms with van der Waals surface area (Å²) in [6.45, 7) is 1.87. The van der Waals surface area contributed by atoms with Crippen LogP contribution in [0.2, 0.25) is 0 Å². The lowest BCUT2D eigenvalue weighted by atomic mass is 10.3. The van der Waals surface area contributed by atoms with Gasteiger partial charge in [-0.15, -0.1) is 11.8 Å². The summed E-state index contributed by atoms with van der Waals surface area (Å²) in [5, 5.41) is 4.22. The van der Waals surface area contributed by atoms with Crippen molar-refractivity contribution in [2.45, 2.75) is 24.1 Å². The van der Waals surface area contributed by atoms with E-state index in [0.29, 0.717) is 18.2 Å². The van der Waals surface area contributed by atoms with Crippen LogP contribution in [0.3, 0.4) is 0 Å². The molecule has 104 valence electrons. The number of thioether (sulfide) groups is 1. The summed E-state index contributed by atoms with van der Waals surface area (Å²) >= 11 is 1.63. The molecule has 0 radical (unpaired) electrons. The van der Waals surface area contributed by atoms with E-state index >= 15 is 0 Å². The molecule has 1 aliphatic rings. The Morgan fingerprint density at radius 3 is 3.05 bits per heavy atom. The fourth-order valence-electron chi connectivity index (χ4n) is 2.13. The number of fused-ring (bicyclic) bond motifs is 3. The molecule has 6 nitrogen and oxygen atoms in total. The molecule has 0 aliphatic carbocycles. The quantitative estimate of drug-likeness (QED) is 0.795. The van der Waals surface area contributed by atoms with E-state index in [1.165, 1.54) is 0 Å². The second kappa shape index (κ2) is 5.16. The van der Waals surface area contributed by atoms with Crippen molar-refractivity contribution >= 4 is 17.7 Å². The smallest absolute Gasteiger partial charge is 0.351 e. The predicted octanol–water partition coefficient (Wildman–Crippen LogP) is 1.20. The maximum Gasteiger partial charge on any atom is 0.351 e. The normalized spacial score (nSPS) is 12.7. The van der Waals surface area contributed by atoms with Crippen molar-refractivity contribution in [3.63, 3.8) is 0 Å². The first-order chi connectivity index (χ1) is 9.70. The lowest BCUT2D eigenvalue weighted by molar-refractivity contribution is -0.144. The molecule has 1 aliphatic heterocycles. The van der Waals surface area contributed by atoms with Crippen molar-refractivity contribution in [3.05, 3.63) is 40.6 Å². The Morgan fingerprint density at radius 2 is 2.25 bits per heavy atom. The lowest BCUT2D eigenvalue weighted by Crippen LogP contribution is -2.28. The molecular weight excluding hydrogens is 278 g/mol. The number of nitrogens with zero attached hydrogens (tertiary/aromatic N) is 3. The van der Waals surface area contributed by atoms with Crippen LogP contribution in [0, 0.1) is 0 Å².